The van der Waals surface area contributed by atoms with E-state index in [0.29, 0.717) is 0 Å². The summed E-state index contributed by atoms with van der Waals surface area (Å²) in [6.07, 6.45) is 8.28. The molecule has 0 saturated carbocycles. The number of nitrogens with zero attached hydrogens (tertiary/aromatic N) is 1. The first-order valence-corrected chi connectivity index (χ1v) is 4.84. The van der Waals surface area contributed by atoms with E-state index in [0.717, 1.165) is 5.70 Å². The summed E-state index contributed by atoms with van der Waals surface area (Å²) in [7, 11) is 0. The Bertz CT molecular complexity index is 480. The Balaban J connectivity index is 2.30. The third-order valence-corrected chi connectivity index (χ3v) is 3.07. The molecule has 1 heterocycles. The Kier molecular flexibility index (Phi) is 1.35. The van der Waals surface area contributed by atoms with E-state index in [1.165, 1.54) is 11.1 Å². The highest BCUT2D eigenvalue weighted by Crippen LogP contribution is 2.44. The summed E-state index contributed by atoms with van der Waals surface area (Å²) in [4.78, 5) is 4.43. The minimum Gasteiger partial charge on any atom is -0.260 e. The quantitative estimate of drug-likeness (QED) is 0.583. The molecule has 1 aliphatic heterocycles. The van der Waals surface area contributed by atoms with Gasteiger partial charge >= 0.3 is 0 Å². The van der Waals surface area contributed by atoms with E-state index >= 15 is 0 Å². The molecule has 0 saturated heterocycles. The highest BCUT2D eigenvalue weighted by molar-refractivity contribution is 5.81. The van der Waals surface area contributed by atoms with Crippen molar-refractivity contribution in [1.29, 1.82) is 0 Å². The summed E-state index contributed by atoms with van der Waals surface area (Å²) in [5.41, 5.74) is 3.82. The Morgan fingerprint density at radius 1 is 1.21 bits per heavy atom. The molecule has 2 aliphatic rings. The molecule has 0 bridgehead atoms. The average molecular weight is 181 g/mol. The Labute approximate surface area is 83.5 Å². The second-order valence-electron chi connectivity index (χ2n) is 3.96. The summed E-state index contributed by atoms with van der Waals surface area (Å²) in [6, 6.07) is 8.50. The molecule has 3 rings (SSSR count). The Morgan fingerprint density at radius 2 is 2.07 bits per heavy atom. The molecule has 0 N–H and O–H groups in total. The maximum Gasteiger partial charge on any atom is 0.0550 e. The smallest absolute Gasteiger partial charge is 0.0550 e. The summed E-state index contributed by atoms with van der Waals surface area (Å²) >= 11 is 0. The fourth-order valence-corrected chi connectivity index (χ4v) is 2.24. The lowest BCUT2D eigenvalue weighted by molar-refractivity contribution is 0.710. The van der Waals surface area contributed by atoms with Crippen molar-refractivity contribution in [3.63, 3.8) is 0 Å². The van der Waals surface area contributed by atoms with Gasteiger partial charge in [0.25, 0.3) is 0 Å². The monoisotopic (exact) mass is 181 g/mol. The van der Waals surface area contributed by atoms with Crippen LogP contribution in [0.4, 0.5) is 0 Å². The molecule has 1 aliphatic carbocycles. The Morgan fingerprint density at radius 3 is 3.00 bits per heavy atom. The van der Waals surface area contributed by atoms with Crippen molar-refractivity contribution in [1.82, 2.24) is 0 Å². The largest absolute Gasteiger partial charge is 0.260 e. The zero-order valence-electron chi connectivity index (χ0n) is 8.07. The molecule has 1 aromatic carbocycles. The minimum atomic E-state index is 0.00530. The number of fused-ring (bicyclic) bond motifs is 3. The number of hydrogen-bond donors (Lipinski definition) is 0. The third kappa shape index (κ3) is 0.818. The first-order valence-electron chi connectivity index (χ1n) is 4.84. The lowest BCUT2D eigenvalue weighted by Crippen LogP contribution is -2.20. The zero-order valence-corrected chi connectivity index (χ0v) is 8.07. The van der Waals surface area contributed by atoms with Gasteiger partial charge in [-0.3, -0.25) is 4.99 Å². The van der Waals surface area contributed by atoms with Crippen LogP contribution in [-0.2, 0) is 5.41 Å². The molecule has 14 heavy (non-hydrogen) atoms. The predicted octanol–water partition coefficient (Wildman–Crippen LogP) is 2.94. The standard InChI is InChI=1S/C13H11N/c1-13-7-4-8-14-12(13)9-10-5-2-3-6-11(10)13/h2-9H,1H3. The number of rotatable bonds is 0. The molecule has 68 valence electrons. The average Bonchev–Trinajstić information content (AvgIpc) is 2.51. The van der Waals surface area contributed by atoms with Crippen LogP contribution >= 0.6 is 0 Å². The number of aliphatic imine (C=N–C) groups is 1. The van der Waals surface area contributed by atoms with E-state index in [4.69, 9.17) is 0 Å². The molecule has 1 atom stereocenters. The van der Waals surface area contributed by atoms with E-state index in [-0.39, 0.29) is 5.41 Å². The molecule has 0 amide bonds. The van der Waals surface area contributed by atoms with Crippen LogP contribution in [0.5, 0.6) is 0 Å². The van der Waals surface area contributed by atoms with Crippen molar-refractivity contribution in [3.8, 4) is 0 Å². The predicted molar refractivity (Wildman–Crippen MR) is 59.4 cm³/mol. The van der Waals surface area contributed by atoms with Crippen LogP contribution in [0.3, 0.4) is 0 Å². The molecule has 1 aromatic rings. The van der Waals surface area contributed by atoms with E-state index in [9.17, 15) is 0 Å². The van der Waals surface area contributed by atoms with Crippen LogP contribution in [0, 0.1) is 0 Å². The molecule has 1 nitrogen and oxygen atoms in total. The lowest BCUT2D eigenvalue weighted by atomic mass is 9.81. The summed E-state index contributed by atoms with van der Waals surface area (Å²) in [5, 5.41) is 0. The van der Waals surface area contributed by atoms with Gasteiger partial charge in [0.05, 0.1) is 11.1 Å². The van der Waals surface area contributed by atoms with Gasteiger partial charge in [-0.05, 0) is 30.2 Å². The molecule has 1 unspecified atom stereocenters. The van der Waals surface area contributed by atoms with Crippen molar-refractivity contribution < 1.29 is 0 Å². The highest BCUT2D eigenvalue weighted by atomic mass is 14.8. The first-order chi connectivity index (χ1) is 6.81. The van der Waals surface area contributed by atoms with Gasteiger partial charge in [-0.25, -0.2) is 0 Å². The van der Waals surface area contributed by atoms with Crippen molar-refractivity contribution in [3.05, 3.63) is 53.2 Å². The van der Waals surface area contributed by atoms with Crippen molar-refractivity contribution in [2.75, 3.05) is 0 Å². The molecule has 0 fully saturated rings. The SMILES string of the molecule is CC12C=CC=NC1=Cc1ccccc12. The van der Waals surface area contributed by atoms with Gasteiger partial charge in [0.1, 0.15) is 0 Å². The van der Waals surface area contributed by atoms with E-state index in [1.807, 2.05) is 12.3 Å². The van der Waals surface area contributed by atoms with Gasteiger partial charge in [-0.15, -0.1) is 0 Å². The first kappa shape index (κ1) is 7.74. The van der Waals surface area contributed by atoms with Gasteiger partial charge in [0.15, 0.2) is 0 Å². The second kappa shape index (κ2) is 2.44. The van der Waals surface area contributed by atoms with Gasteiger partial charge < -0.3 is 0 Å². The number of dihydropyridines is 1. The van der Waals surface area contributed by atoms with E-state index < -0.39 is 0 Å². The van der Waals surface area contributed by atoms with Crippen LogP contribution < -0.4 is 0 Å². The fraction of sp³-hybridized carbons (Fsp3) is 0.154. The lowest BCUT2D eigenvalue weighted by Gasteiger charge is -2.25. The van der Waals surface area contributed by atoms with Gasteiger partial charge in [0.2, 0.25) is 0 Å². The number of benzene rings is 1. The van der Waals surface area contributed by atoms with E-state index in [2.05, 4.69) is 48.3 Å². The van der Waals surface area contributed by atoms with Crippen LogP contribution in [-0.4, -0.2) is 6.21 Å². The van der Waals surface area contributed by atoms with Crippen LogP contribution in [0.1, 0.15) is 18.1 Å². The van der Waals surface area contributed by atoms with Crippen molar-refractivity contribution >= 4 is 12.3 Å². The summed E-state index contributed by atoms with van der Waals surface area (Å²) < 4.78 is 0. The fourth-order valence-electron chi connectivity index (χ4n) is 2.24. The van der Waals surface area contributed by atoms with E-state index in [1.54, 1.807) is 0 Å². The normalized spacial score (nSPS) is 27.1. The van der Waals surface area contributed by atoms with Crippen molar-refractivity contribution in [2.24, 2.45) is 4.99 Å². The Hall–Kier alpha value is -1.63. The minimum absolute atomic E-state index is 0.00530. The van der Waals surface area contributed by atoms with Crippen LogP contribution in [0.2, 0.25) is 0 Å². The summed E-state index contributed by atoms with van der Waals surface area (Å²) in [6.45, 7) is 2.22. The van der Waals surface area contributed by atoms with Crippen LogP contribution in [0.15, 0.2) is 47.1 Å². The second-order valence-corrected chi connectivity index (χ2v) is 3.96. The topological polar surface area (TPSA) is 12.4 Å². The molecule has 0 spiro atoms. The molecule has 0 radical (unpaired) electrons. The zero-order chi connectivity index (χ0) is 9.60. The van der Waals surface area contributed by atoms with Gasteiger partial charge in [-0.2, -0.15) is 0 Å². The molecular weight excluding hydrogens is 170 g/mol. The molecular formula is C13H11N. The van der Waals surface area contributed by atoms with Gasteiger partial charge in [-0.1, -0.05) is 30.3 Å². The van der Waals surface area contributed by atoms with Gasteiger partial charge in [0, 0.05) is 6.21 Å². The maximum atomic E-state index is 4.43. The number of hydrogen-bond acceptors (Lipinski definition) is 1. The highest BCUT2D eigenvalue weighted by Gasteiger charge is 2.35. The summed E-state index contributed by atoms with van der Waals surface area (Å²) in [5.74, 6) is 0. The third-order valence-electron chi connectivity index (χ3n) is 3.07. The van der Waals surface area contributed by atoms with Crippen molar-refractivity contribution in [2.45, 2.75) is 12.3 Å². The number of allylic oxidation sites excluding steroid dienone is 2. The molecule has 1 heteroatoms. The molecule has 0 aromatic heterocycles. The van der Waals surface area contributed by atoms with Crippen LogP contribution in [0.25, 0.3) is 6.08 Å². The maximum absolute atomic E-state index is 4.43.